The highest BCUT2D eigenvalue weighted by Gasteiger charge is 2.34. The molecule has 0 aromatic heterocycles. The third-order valence-electron chi connectivity index (χ3n) is 2.02. The Bertz CT molecular complexity index is 335. The molecule has 64 valence electrons. The average Bonchev–Trinajstić information content (AvgIpc) is 2.61. The zero-order chi connectivity index (χ0) is 8.93. The minimum atomic E-state index is -1.45. The molecule has 1 aliphatic rings. The summed E-state index contributed by atoms with van der Waals surface area (Å²) in [5, 5.41) is 10.7. The first kappa shape index (κ1) is 7.67. The van der Waals surface area contributed by atoms with E-state index in [1.165, 1.54) is 0 Å². The lowest BCUT2D eigenvalue weighted by Gasteiger charge is -2.15. The van der Waals surface area contributed by atoms with Crippen LogP contribution in [0, 0.1) is 0 Å². The number of aromatic hydroxyl groups is 1. The summed E-state index contributed by atoms with van der Waals surface area (Å²) in [5.41, 5.74) is 0. The van der Waals surface area contributed by atoms with Gasteiger partial charge in [0, 0.05) is 5.19 Å². The predicted octanol–water partition coefficient (Wildman–Crippen LogP) is 2.04. The van der Waals surface area contributed by atoms with Gasteiger partial charge < -0.3 is 9.84 Å². The fraction of sp³-hybridized carbons (Fsp3) is 0.333. The van der Waals surface area contributed by atoms with Crippen LogP contribution in [-0.4, -0.2) is 13.2 Å². The lowest BCUT2D eigenvalue weighted by atomic mass is 10.3. The zero-order valence-electron chi connectivity index (χ0n) is 7.51. The number of hydrogen-bond donors (Lipinski definition) is 1. The Morgan fingerprint density at radius 3 is 2.42 bits per heavy atom. The maximum atomic E-state index is 9.62. The highest BCUT2D eigenvalue weighted by molar-refractivity contribution is 6.90. The number of benzene rings is 1. The van der Waals surface area contributed by atoms with Gasteiger partial charge in [0.1, 0.15) is 5.75 Å². The second-order valence-electron chi connectivity index (χ2n) is 4.14. The summed E-state index contributed by atoms with van der Waals surface area (Å²) < 4.78 is 5.25. The SMILES string of the molecule is C[Si](C)(C)c1c(O)ccc2c1O2. The molecule has 12 heavy (non-hydrogen) atoms. The molecule has 2 rings (SSSR count). The van der Waals surface area contributed by atoms with Gasteiger partial charge in [0.25, 0.3) is 0 Å². The molecule has 1 aliphatic heterocycles. The molecule has 0 atom stereocenters. The summed E-state index contributed by atoms with van der Waals surface area (Å²) in [4.78, 5) is 0. The van der Waals surface area contributed by atoms with Gasteiger partial charge in [-0.2, -0.15) is 0 Å². The van der Waals surface area contributed by atoms with Gasteiger partial charge in [-0.15, -0.1) is 0 Å². The highest BCUT2D eigenvalue weighted by atomic mass is 28.3. The molecule has 1 N–H and O–H groups in total. The van der Waals surface area contributed by atoms with Gasteiger partial charge in [0.05, 0.1) is 8.07 Å². The second-order valence-corrected chi connectivity index (χ2v) is 9.14. The molecule has 0 spiro atoms. The molecule has 0 bridgehead atoms. The minimum absolute atomic E-state index is 0.394. The van der Waals surface area contributed by atoms with E-state index < -0.39 is 8.07 Å². The van der Waals surface area contributed by atoms with Crippen molar-refractivity contribution in [2.75, 3.05) is 0 Å². The van der Waals surface area contributed by atoms with Crippen molar-refractivity contribution in [1.29, 1.82) is 0 Å². The number of hydrogen-bond acceptors (Lipinski definition) is 2. The first-order chi connectivity index (χ1) is 5.50. The van der Waals surface area contributed by atoms with Gasteiger partial charge in [-0.25, -0.2) is 0 Å². The van der Waals surface area contributed by atoms with Gasteiger partial charge in [-0.05, 0) is 12.1 Å². The van der Waals surface area contributed by atoms with E-state index in [0.29, 0.717) is 5.75 Å². The van der Waals surface area contributed by atoms with Crippen molar-refractivity contribution in [3.63, 3.8) is 0 Å². The van der Waals surface area contributed by atoms with Crippen LogP contribution in [0.5, 0.6) is 17.2 Å². The zero-order valence-corrected chi connectivity index (χ0v) is 8.51. The molecule has 1 heterocycles. The predicted molar refractivity (Wildman–Crippen MR) is 51.2 cm³/mol. The van der Waals surface area contributed by atoms with E-state index in [-0.39, 0.29) is 0 Å². The van der Waals surface area contributed by atoms with Crippen LogP contribution in [-0.2, 0) is 0 Å². The van der Waals surface area contributed by atoms with E-state index in [4.69, 9.17) is 4.74 Å². The normalized spacial score (nSPS) is 13.6. The lowest BCUT2D eigenvalue weighted by Crippen LogP contribution is -2.36. The van der Waals surface area contributed by atoms with Crippen molar-refractivity contribution in [3.8, 4) is 17.2 Å². The van der Waals surface area contributed by atoms with Crippen LogP contribution in [0.3, 0.4) is 0 Å². The largest absolute Gasteiger partial charge is 0.508 e. The molecule has 0 radical (unpaired) electrons. The van der Waals surface area contributed by atoms with Crippen LogP contribution in [0.15, 0.2) is 12.1 Å². The Kier molecular flexibility index (Phi) is 1.31. The van der Waals surface area contributed by atoms with Crippen molar-refractivity contribution < 1.29 is 9.84 Å². The Morgan fingerprint density at radius 2 is 1.92 bits per heavy atom. The topological polar surface area (TPSA) is 32.8 Å². The van der Waals surface area contributed by atoms with E-state index in [2.05, 4.69) is 19.6 Å². The maximum absolute atomic E-state index is 9.62. The van der Waals surface area contributed by atoms with Gasteiger partial charge >= 0.3 is 0 Å². The molecule has 0 amide bonds. The van der Waals surface area contributed by atoms with E-state index in [9.17, 15) is 5.11 Å². The smallest absolute Gasteiger partial charge is 0.173 e. The summed E-state index contributed by atoms with van der Waals surface area (Å²) in [7, 11) is -1.45. The number of phenols is 1. The molecule has 3 heteroatoms. The summed E-state index contributed by atoms with van der Waals surface area (Å²) in [6.07, 6.45) is 0. The molecular formula is C9H12O2Si. The minimum Gasteiger partial charge on any atom is -0.508 e. The van der Waals surface area contributed by atoms with Crippen molar-refractivity contribution >= 4 is 13.3 Å². The fourth-order valence-electron chi connectivity index (χ4n) is 1.45. The number of ether oxygens (including phenoxy) is 1. The molecule has 0 saturated heterocycles. The summed E-state index contributed by atoms with van der Waals surface area (Å²) in [6, 6.07) is 3.54. The number of rotatable bonds is 1. The van der Waals surface area contributed by atoms with Crippen molar-refractivity contribution in [2.24, 2.45) is 0 Å². The van der Waals surface area contributed by atoms with Crippen molar-refractivity contribution in [2.45, 2.75) is 19.6 Å². The first-order valence-electron chi connectivity index (χ1n) is 4.04. The molecule has 0 fully saturated rings. The van der Waals surface area contributed by atoms with Crippen LogP contribution in [0.2, 0.25) is 19.6 Å². The van der Waals surface area contributed by atoms with Gasteiger partial charge in [0.2, 0.25) is 0 Å². The summed E-state index contributed by atoms with van der Waals surface area (Å²) in [6.45, 7) is 6.60. The Hall–Kier alpha value is -0.963. The monoisotopic (exact) mass is 180 g/mol. The van der Waals surface area contributed by atoms with Crippen molar-refractivity contribution in [1.82, 2.24) is 0 Å². The fourth-order valence-corrected chi connectivity index (χ4v) is 3.15. The van der Waals surface area contributed by atoms with Crippen LogP contribution in [0.25, 0.3) is 0 Å². The molecule has 2 nitrogen and oxygen atoms in total. The maximum Gasteiger partial charge on any atom is 0.173 e. The van der Waals surface area contributed by atoms with Gasteiger partial charge in [-0.1, -0.05) is 19.6 Å². The van der Waals surface area contributed by atoms with Crippen molar-refractivity contribution in [3.05, 3.63) is 12.1 Å². The highest BCUT2D eigenvalue weighted by Crippen LogP contribution is 2.46. The van der Waals surface area contributed by atoms with E-state index in [1.807, 2.05) is 6.07 Å². The van der Waals surface area contributed by atoms with E-state index in [0.717, 1.165) is 16.7 Å². The third-order valence-corrected chi connectivity index (χ3v) is 4.00. The van der Waals surface area contributed by atoms with Crippen LogP contribution < -0.4 is 9.92 Å². The molecule has 0 unspecified atom stereocenters. The Balaban J connectivity index is 2.59. The quantitative estimate of drug-likeness (QED) is 0.538. The molecule has 1 aromatic carbocycles. The number of phenolic OH excluding ortho intramolecular Hbond substituents is 1. The Labute approximate surface area is 72.8 Å². The summed E-state index contributed by atoms with van der Waals surface area (Å²) in [5.74, 6) is 2.25. The van der Waals surface area contributed by atoms with Gasteiger partial charge in [-0.3, -0.25) is 0 Å². The third kappa shape index (κ3) is 1.01. The summed E-state index contributed by atoms with van der Waals surface area (Å²) >= 11 is 0. The standard InChI is InChI=1S/C9H12O2Si/c1-12(2,3)9-6(10)4-5-7-8(9)11-7/h4-5,10H,1-3H3. The lowest BCUT2D eigenvalue weighted by molar-refractivity contribution is 0.479. The number of fused-ring (bicyclic) bond motifs is 1. The molecular weight excluding hydrogens is 168 g/mol. The first-order valence-corrected chi connectivity index (χ1v) is 7.54. The van der Waals surface area contributed by atoms with Crippen LogP contribution in [0.1, 0.15) is 0 Å². The second kappa shape index (κ2) is 2.04. The van der Waals surface area contributed by atoms with Crippen LogP contribution >= 0.6 is 0 Å². The van der Waals surface area contributed by atoms with Gasteiger partial charge in [0.15, 0.2) is 11.5 Å². The molecule has 0 aliphatic carbocycles. The molecule has 0 saturated carbocycles. The average molecular weight is 180 g/mol. The van der Waals surface area contributed by atoms with E-state index in [1.54, 1.807) is 6.07 Å². The Morgan fingerprint density at radius 1 is 1.25 bits per heavy atom. The van der Waals surface area contributed by atoms with E-state index >= 15 is 0 Å². The molecule has 1 aromatic rings. The van der Waals surface area contributed by atoms with Crippen LogP contribution in [0.4, 0.5) is 0 Å².